The van der Waals surface area contributed by atoms with Crippen LogP contribution in [0.2, 0.25) is 0 Å². The summed E-state index contributed by atoms with van der Waals surface area (Å²) in [5, 5.41) is 0. The second kappa shape index (κ2) is 4.42. The summed E-state index contributed by atoms with van der Waals surface area (Å²) in [6.07, 6.45) is 26.8. The number of fused-ring (bicyclic) bond motifs is 2. The Labute approximate surface area is 102 Å². The van der Waals surface area contributed by atoms with Crippen molar-refractivity contribution in [2.45, 2.75) is 6.42 Å². The number of hydrogen-bond donors (Lipinski definition) is 0. The molecule has 0 amide bonds. The molecule has 0 fully saturated rings. The summed E-state index contributed by atoms with van der Waals surface area (Å²) >= 11 is 0. The van der Waals surface area contributed by atoms with E-state index in [0.717, 1.165) is 6.42 Å². The largest absolute Gasteiger partial charge is 0.0801 e. The summed E-state index contributed by atoms with van der Waals surface area (Å²) in [6, 6.07) is 0. The lowest BCUT2D eigenvalue weighted by molar-refractivity contribution is 1.22. The van der Waals surface area contributed by atoms with Gasteiger partial charge < -0.3 is 0 Å². The van der Waals surface area contributed by atoms with Gasteiger partial charge in [-0.15, -0.1) is 0 Å². The molecule has 0 saturated carbocycles. The highest BCUT2D eigenvalue weighted by Crippen LogP contribution is 2.32. The lowest BCUT2D eigenvalue weighted by atomic mass is 9.92. The fraction of sp³-hybridized carbons (Fsp3) is 0.0588. The number of rotatable bonds is 0. The van der Waals surface area contributed by atoms with Crippen LogP contribution in [-0.4, -0.2) is 0 Å². The molecule has 0 nitrogen and oxygen atoms in total. The predicted molar refractivity (Wildman–Crippen MR) is 73.5 cm³/mol. The van der Waals surface area contributed by atoms with Crippen LogP contribution in [0.3, 0.4) is 0 Å². The Morgan fingerprint density at radius 3 is 2.59 bits per heavy atom. The third-order valence-corrected chi connectivity index (χ3v) is 3.14. The van der Waals surface area contributed by atoms with Crippen LogP contribution in [0.5, 0.6) is 0 Å². The molecule has 0 aromatic rings. The van der Waals surface area contributed by atoms with Gasteiger partial charge in [0, 0.05) is 0 Å². The summed E-state index contributed by atoms with van der Waals surface area (Å²) in [4.78, 5) is 0. The van der Waals surface area contributed by atoms with Gasteiger partial charge in [0.1, 0.15) is 0 Å². The maximum absolute atomic E-state index is 2.22. The number of hydrogen-bond acceptors (Lipinski definition) is 0. The number of allylic oxidation sites excluding steroid dienone is 16. The molecule has 3 rings (SSSR count). The topological polar surface area (TPSA) is 0 Å². The van der Waals surface area contributed by atoms with E-state index in [9.17, 15) is 0 Å². The van der Waals surface area contributed by atoms with Gasteiger partial charge in [0.05, 0.1) is 0 Å². The fourth-order valence-corrected chi connectivity index (χ4v) is 2.30. The minimum absolute atomic E-state index is 0.998. The van der Waals surface area contributed by atoms with Gasteiger partial charge in [0.25, 0.3) is 0 Å². The van der Waals surface area contributed by atoms with Crippen molar-refractivity contribution in [1.82, 2.24) is 0 Å². The van der Waals surface area contributed by atoms with E-state index in [-0.39, 0.29) is 0 Å². The van der Waals surface area contributed by atoms with Gasteiger partial charge in [0.2, 0.25) is 0 Å². The Balaban J connectivity index is 2.18. The summed E-state index contributed by atoms with van der Waals surface area (Å²) in [5.74, 6) is 0. The molecule has 3 aliphatic carbocycles. The van der Waals surface area contributed by atoms with Crippen molar-refractivity contribution in [1.29, 1.82) is 0 Å². The van der Waals surface area contributed by atoms with Crippen LogP contribution in [0, 0.1) is 0 Å². The van der Waals surface area contributed by atoms with Gasteiger partial charge in [-0.05, 0) is 28.7 Å². The summed E-state index contributed by atoms with van der Waals surface area (Å²) in [7, 11) is 0. The molecule has 3 aliphatic rings. The second-order valence-electron chi connectivity index (χ2n) is 4.23. The van der Waals surface area contributed by atoms with Gasteiger partial charge in [-0.2, -0.15) is 0 Å². The average molecular weight is 218 g/mol. The molecule has 0 radical (unpaired) electrons. The lowest BCUT2D eigenvalue weighted by Gasteiger charge is -2.11. The van der Waals surface area contributed by atoms with Gasteiger partial charge in [-0.3, -0.25) is 0 Å². The van der Waals surface area contributed by atoms with Crippen molar-refractivity contribution < 1.29 is 0 Å². The molecule has 0 aliphatic heterocycles. The van der Waals surface area contributed by atoms with Crippen molar-refractivity contribution in [3.8, 4) is 0 Å². The van der Waals surface area contributed by atoms with E-state index in [1.165, 1.54) is 22.3 Å². The zero-order valence-electron chi connectivity index (χ0n) is 9.64. The minimum atomic E-state index is 0.998. The molecule has 0 N–H and O–H groups in total. The van der Waals surface area contributed by atoms with Crippen molar-refractivity contribution in [3.05, 3.63) is 95.2 Å². The van der Waals surface area contributed by atoms with E-state index in [2.05, 4.69) is 72.9 Å². The van der Waals surface area contributed by atoms with E-state index in [4.69, 9.17) is 0 Å². The molecular formula is C17H14. The SMILES string of the molecule is C1=CC=C2C(=CC=CC3=C2CC=CC=C3)C=C1. The molecule has 0 saturated heterocycles. The van der Waals surface area contributed by atoms with Gasteiger partial charge in [0.15, 0.2) is 0 Å². The van der Waals surface area contributed by atoms with E-state index < -0.39 is 0 Å². The normalized spacial score (nSPS) is 21.2. The molecule has 0 bridgehead atoms. The van der Waals surface area contributed by atoms with Gasteiger partial charge >= 0.3 is 0 Å². The Morgan fingerprint density at radius 1 is 0.706 bits per heavy atom. The fourth-order valence-electron chi connectivity index (χ4n) is 2.30. The van der Waals surface area contributed by atoms with E-state index in [1.54, 1.807) is 0 Å². The monoisotopic (exact) mass is 218 g/mol. The van der Waals surface area contributed by atoms with Crippen molar-refractivity contribution in [3.63, 3.8) is 0 Å². The van der Waals surface area contributed by atoms with Crippen LogP contribution in [0.1, 0.15) is 6.42 Å². The average Bonchev–Trinajstić information content (AvgIpc) is 2.72. The first kappa shape index (κ1) is 10.1. The van der Waals surface area contributed by atoms with Gasteiger partial charge in [-0.1, -0.05) is 72.9 Å². The molecule has 0 spiro atoms. The second-order valence-corrected chi connectivity index (χ2v) is 4.23. The van der Waals surface area contributed by atoms with Crippen LogP contribution in [0.25, 0.3) is 0 Å². The van der Waals surface area contributed by atoms with Crippen LogP contribution in [-0.2, 0) is 0 Å². The Bertz CT molecular complexity index is 567. The Kier molecular flexibility index (Phi) is 2.63. The third-order valence-electron chi connectivity index (χ3n) is 3.14. The van der Waals surface area contributed by atoms with Crippen molar-refractivity contribution >= 4 is 0 Å². The summed E-state index contributed by atoms with van der Waals surface area (Å²) < 4.78 is 0. The summed E-state index contributed by atoms with van der Waals surface area (Å²) in [6.45, 7) is 0. The first-order valence-electron chi connectivity index (χ1n) is 5.96. The molecule has 0 heterocycles. The van der Waals surface area contributed by atoms with Crippen molar-refractivity contribution in [2.24, 2.45) is 0 Å². The van der Waals surface area contributed by atoms with E-state index >= 15 is 0 Å². The van der Waals surface area contributed by atoms with E-state index in [1.807, 2.05) is 0 Å². The molecule has 0 heteroatoms. The van der Waals surface area contributed by atoms with Crippen LogP contribution < -0.4 is 0 Å². The van der Waals surface area contributed by atoms with Crippen molar-refractivity contribution in [2.75, 3.05) is 0 Å². The predicted octanol–water partition coefficient (Wildman–Crippen LogP) is 4.35. The molecule has 17 heavy (non-hydrogen) atoms. The molecular weight excluding hydrogens is 204 g/mol. The first-order valence-corrected chi connectivity index (χ1v) is 5.96. The maximum Gasteiger partial charge on any atom is -0.00822 e. The van der Waals surface area contributed by atoms with Crippen LogP contribution >= 0.6 is 0 Å². The molecule has 0 aromatic heterocycles. The highest BCUT2D eigenvalue weighted by molar-refractivity contribution is 5.63. The lowest BCUT2D eigenvalue weighted by Crippen LogP contribution is -1.93. The van der Waals surface area contributed by atoms with E-state index in [0.29, 0.717) is 0 Å². The molecule has 0 atom stereocenters. The quantitative estimate of drug-likeness (QED) is 0.567. The van der Waals surface area contributed by atoms with Crippen LogP contribution in [0.15, 0.2) is 95.2 Å². The Hall–Kier alpha value is -2.08. The smallest absolute Gasteiger partial charge is 0.00822 e. The maximum atomic E-state index is 2.22. The van der Waals surface area contributed by atoms with Crippen LogP contribution in [0.4, 0.5) is 0 Å². The first-order chi connectivity index (χ1) is 8.45. The minimum Gasteiger partial charge on any atom is -0.0801 e. The Morgan fingerprint density at radius 2 is 1.59 bits per heavy atom. The van der Waals surface area contributed by atoms with Gasteiger partial charge in [-0.25, -0.2) is 0 Å². The third kappa shape index (κ3) is 1.94. The molecule has 82 valence electrons. The standard InChI is InChI=1S/C17H14/c1-3-8-14-10-7-11-15-9-4-2-6-13-17(15)16(14)12-5-1/h1-12H,13H2. The zero-order chi connectivity index (χ0) is 11.5. The molecule has 0 aromatic carbocycles. The highest BCUT2D eigenvalue weighted by atomic mass is 14.2. The zero-order valence-corrected chi connectivity index (χ0v) is 9.64. The molecule has 0 unspecified atom stereocenters. The highest BCUT2D eigenvalue weighted by Gasteiger charge is 2.13. The summed E-state index contributed by atoms with van der Waals surface area (Å²) in [5.41, 5.74) is 5.36.